The van der Waals surface area contributed by atoms with Crippen LogP contribution in [-0.2, 0) is 0 Å². The maximum atomic E-state index is 12.0. The van der Waals surface area contributed by atoms with E-state index in [0.717, 1.165) is 25.9 Å². The van der Waals surface area contributed by atoms with Gasteiger partial charge in [0.2, 0.25) is 0 Å². The molecule has 3 N–H and O–H groups in total. The number of aromatic amines is 1. The highest BCUT2D eigenvalue weighted by atomic mass is 16.2. The van der Waals surface area contributed by atoms with Crippen LogP contribution in [0, 0.1) is 5.92 Å². The molecule has 1 amide bonds. The molecule has 1 aliphatic heterocycles. The highest BCUT2D eigenvalue weighted by Crippen LogP contribution is 2.19. The van der Waals surface area contributed by atoms with Gasteiger partial charge < -0.3 is 15.6 Å². The number of H-pyrrole nitrogens is 1. The van der Waals surface area contributed by atoms with Crippen molar-refractivity contribution in [3.8, 4) is 0 Å². The number of aromatic nitrogens is 2. The molecule has 1 aromatic rings. The minimum absolute atomic E-state index is 0.0304. The molecular weight excluding hydrogens is 204 g/mol. The highest BCUT2D eigenvalue weighted by molar-refractivity contribution is 5.92. The lowest BCUT2D eigenvalue weighted by Gasteiger charge is -2.36. The van der Waals surface area contributed by atoms with E-state index in [0.29, 0.717) is 11.6 Å². The van der Waals surface area contributed by atoms with Crippen molar-refractivity contribution in [2.45, 2.75) is 25.8 Å². The first-order chi connectivity index (χ1) is 7.72. The second kappa shape index (κ2) is 4.65. The van der Waals surface area contributed by atoms with Crippen LogP contribution in [0.3, 0.4) is 0 Å². The summed E-state index contributed by atoms with van der Waals surface area (Å²) in [6, 6.07) is 0.232. The number of likely N-dealkylation sites (tertiary alicyclic amines) is 1. The van der Waals surface area contributed by atoms with Gasteiger partial charge in [0, 0.05) is 19.1 Å². The first-order valence-corrected chi connectivity index (χ1v) is 5.75. The minimum Gasteiger partial charge on any atom is -0.341 e. The van der Waals surface area contributed by atoms with E-state index in [2.05, 4.69) is 16.9 Å². The number of hydrogen-bond donors (Lipinski definition) is 2. The number of nitrogens with zero attached hydrogens (tertiary/aromatic N) is 2. The van der Waals surface area contributed by atoms with E-state index in [-0.39, 0.29) is 11.9 Å². The van der Waals surface area contributed by atoms with Crippen molar-refractivity contribution in [2.75, 3.05) is 13.1 Å². The van der Waals surface area contributed by atoms with Crippen LogP contribution in [0.4, 0.5) is 0 Å². The molecule has 1 aromatic heterocycles. The molecule has 0 aromatic carbocycles. The summed E-state index contributed by atoms with van der Waals surface area (Å²) in [6.07, 6.45) is 5.00. The van der Waals surface area contributed by atoms with E-state index in [1.165, 1.54) is 6.33 Å². The molecule has 0 radical (unpaired) electrons. The number of nitrogens with one attached hydrogen (secondary N) is 1. The molecule has 5 heteroatoms. The van der Waals surface area contributed by atoms with Crippen LogP contribution in [0.25, 0.3) is 0 Å². The monoisotopic (exact) mass is 222 g/mol. The summed E-state index contributed by atoms with van der Waals surface area (Å²) in [6.45, 7) is 3.62. The van der Waals surface area contributed by atoms with Crippen molar-refractivity contribution < 1.29 is 4.79 Å². The van der Waals surface area contributed by atoms with Crippen molar-refractivity contribution in [1.82, 2.24) is 14.9 Å². The largest absolute Gasteiger partial charge is 0.341 e. The molecule has 2 unspecified atom stereocenters. The van der Waals surface area contributed by atoms with E-state index in [4.69, 9.17) is 5.73 Å². The summed E-state index contributed by atoms with van der Waals surface area (Å²) in [7, 11) is 0. The summed E-state index contributed by atoms with van der Waals surface area (Å²) in [5.74, 6) is 0.448. The zero-order valence-electron chi connectivity index (χ0n) is 9.52. The lowest BCUT2D eigenvalue weighted by molar-refractivity contribution is 0.0644. The SMILES string of the molecule is CCC1CN(C(=O)c2cnc[nH]2)CCC1N. The Hall–Kier alpha value is -1.36. The first-order valence-electron chi connectivity index (χ1n) is 5.75. The summed E-state index contributed by atoms with van der Waals surface area (Å²) >= 11 is 0. The van der Waals surface area contributed by atoms with Gasteiger partial charge in [0.25, 0.3) is 5.91 Å². The van der Waals surface area contributed by atoms with E-state index in [9.17, 15) is 4.79 Å². The summed E-state index contributed by atoms with van der Waals surface area (Å²) in [4.78, 5) is 20.6. The van der Waals surface area contributed by atoms with Crippen LogP contribution in [0.2, 0.25) is 0 Å². The van der Waals surface area contributed by atoms with Gasteiger partial charge in [-0.2, -0.15) is 0 Å². The third kappa shape index (κ3) is 2.09. The molecule has 1 saturated heterocycles. The van der Waals surface area contributed by atoms with Crippen molar-refractivity contribution >= 4 is 5.91 Å². The number of carbonyl (C=O) groups is 1. The Kier molecular flexibility index (Phi) is 3.24. The lowest BCUT2D eigenvalue weighted by atomic mass is 9.90. The number of carbonyl (C=O) groups excluding carboxylic acids is 1. The van der Waals surface area contributed by atoms with Crippen LogP contribution in [0.15, 0.2) is 12.5 Å². The quantitative estimate of drug-likeness (QED) is 0.769. The summed E-state index contributed by atoms with van der Waals surface area (Å²) < 4.78 is 0. The second-order valence-corrected chi connectivity index (χ2v) is 4.34. The first kappa shape index (κ1) is 11.1. The summed E-state index contributed by atoms with van der Waals surface area (Å²) in [5.41, 5.74) is 6.57. The van der Waals surface area contributed by atoms with Crippen LogP contribution < -0.4 is 5.73 Å². The number of imidazole rings is 1. The molecule has 88 valence electrons. The number of rotatable bonds is 2. The molecule has 2 heterocycles. The number of piperidine rings is 1. The van der Waals surface area contributed by atoms with Crippen molar-refractivity contribution in [1.29, 1.82) is 0 Å². The van der Waals surface area contributed by atoms with Crippen LogP contribution in [-0.4, -0.2) is 39.9 Å². The normalized spacial score (nSPS) is 25.8. The van der Waals surface area contributed by atoms with Gasteiger partial charge in [0.15, 0.2) is 0 Å². The van der Waals surface area contributed by atoms with Gasteiger partial charge >= 0.3 is 0 Å². The van der Waals surface area contributed by atoms with Crippen LogP contribution >= 0.6 is 0 Å². The predicted molar refractivity (Wildman–Crippen MR) is 60.9 cm³/mol. The van der Waals surface area contributed by atoms with Gasteiger partial charge in [0.05, 0.1) is 12.5 Å². The number of nitrogens with two attached hydrogens (primary N) is 1. The smallest absolute Gasteiger partial charge is 0.271 e. The minimum atomic E-state index is 0.0304. The standard InChI is InChI=1S/C11H18N4O/c1-2-8-6-15(4-3-9(8)12)11(16)10-5-13-7-14-10/h5,7-9H,2-4,6,12H2,1H3,(H,13,14). The Morgan fingerprint density at radius 2 is 2.56 bits per heavy atom. The van der Waals surface area contributed by atoms with Crippen molar-refractivity contribution in [2.24, 2.45) is 11.7 Å². The Labute approximate surface area is 95.0 Å². The fraction of sp³-hybridized carbons (Fsp3) is 0.636. The topological polar surface area (TPSA) is 75.0 Å². The van der Waals surface area contributed by atoms with Crippen LogP contribution in [0.1, 0.15) is 30.3 Å². The van der Waals surface area contributed by atoms with E-state index >= 15 is 0 Å². The van der Waals surface area contributed by atoms with Gasteiger partial charge in [-0.05, 0) is 12.3 Å². The Balaban J connectivity index is 2.03. The zero-order valence-corrected chi connectivity index (χ0v) is 9.52. The third-order valence-corrected chi connectivity index (χ3v) is 3.33. The fourth-order valence-electron chi connectivity index (χ4n) is 2.21. The van der Waals surface area contributed by atoms with Gasteiger partial charge in [-0.15, -0.1) is 0 Å². The van der Waals surface area contributed by atoms with Crippen molar-refractivity contribution in [3.05, 3.63) is 18.2 Å². The summed E-state index contributed by atoms with van der Waals surface area (Å²) in [5, 5.41) is 0. The number of amides is 1. The van der Waals surface area contributed by atoms with Crippen molar-refractivity contribution in [3.63, 3.8) is 0 Å². The number of hydrogen-bond acceptors (Lipinski definition) is 3. The van der Waals surface area contributed by atoms with Gasteiger partial charge in [-0.1, -0.05) is 13.3 Å². The molecule has 2 rings (SSSR count). The third-order valence-electron chi connectivity index (χ3n) is 3.33. The molecule has 0 aliphatic carbocycles. The van der Waals surface area contributed by atoms with Gasteiger partial charge in [-0.25, -0.2) is 4.98 Å². The Bertz CT molecular complexity index is 349. The maximum Gasteiger partial charge on any atom is 0.271 e. The zero-order chi connectivity index (χ0) is 11.5. The highest BCUT2D eigenvalue weighted by Gasteiger charge is 2.28. The molecule has 2 atom stereocenters. The fourth-order valence-corrected chi connectivity index (χ4v) is 2.21. The van der Waals surface area contributed by atoms with Crippen LogP contribution in [0.5, 0.6) is 0 Å². The molecule has 16 heavy (non-hydrogen) atoms. The molecule has 0 spiro atoms. The Morgan fingerprint density at radius 1 is 1.75 bits per heavy atom. The molecule has 5 nitrogen and oxygen atoms in total. The second-order valence-electron chi connectivity index (χ2n) is 4.34. The predicted octanol–water partition coefficient (Wildman–Crippen LogP) is 0.609. The lowest BCUT2D eigenvalue weighted by Crippen LogP contribution is -2.49. The average molecular weight is 222 g/mol. The molecular formula is C11H18N4O. The molecule has 1 fully saturated rings. The van der Waals surface area contributed by atoms with E-state index in [1.54, 1.807) is 6.20 Å². The van der Waals surface area contributed by atoms with Gasteiger partial charge in [-0.3, -0.25) is 4.79 Å². The Morgan fingerprint density at radius 3 is 3.19 bits per heavy atom. The van der Waals surface area contributed by atoms with Gasteiger partial charge in [0.1, 0.15) is 5.69 Å². The molecule has 0 saturated carbocycles. The molecule has 0 bridgehead atoms. The van der Waals surface area contributed by atoms with E-state index < -0.39 is 0 Å². The van der Waals surface area contributed by atoms with E-state index in [1.807, 2.05) is 4.90 Å². The average Bonchev–Trinajstić information content (AvgIpc) is 2.82. The maximum absolute atomic E-state index is 12.0. The molecule has 1 aliphatic rings.